The molecule has 0 radical (unpaired) electrons. The van der Waals surface area contributed by atoms with E-state index in [1.54, 1.807) is 7.05 Å². The molecule has 0 atom stereocenters. The van der Waals surface area contributed by atoms with Gasteiger partial charge in [0.25, 0.3) is 5.56 Å². The number of rotatable bonds is 5. The van der Waals surface area contributed by atoms with Crippen LogP contribution >= 0.6 is 0 Å². The average molecular weight is 349 g/mol. The SMILES string of the molecule is CC1CCN(Cc2nc3c(c(=O)n(C)c(=O)n3C)n2CCCO)CC1. The van der Waals surface area contributed by atoms with Crippen LogP contribution < -0.4 is 11.2 Å². The second-order valence-electron chi connectivity index (χ2n) is 7.09. The third-order valence-electron chi connectivity index (χ3n) is 5.21. The fourth-order valence-electron chi connectivity index (χ4n) is 3.50. The first kappa shape index (κ1) is 17.9. The Kier molecular flexibility index (Phi) is 5.10. The molecule has 2 aromatic heterocycles. The molecule has 8 heteroatoms. The van der Waals surface area contributed by atoms with Crippen molar-refractivity contribution < 1.29 is 5.11 Å². The lowest BCUT2D eigenvalue weighted by Gasteiger charge is -2.29. The minimum Gasteiger partial charge on any atom is -0.396 e. The molecule has 138 valence electrons. The van der Waals surface area contributed by atoms with Gasteiger partial charge in [0.1, 0.15) is 5.82 Å². The molecule has 25 heavy (non-hydrogen) atoms. The first-order chi connectivity index (χ1) is 11.9. The molecular weight excluding hydrogens is 322 g/mol. The van der Waals surface area contributed by atoms with Gasteiger partial charge in [0, 0.05) is 27.2 Å². The second kappa shape index (κ2) is 7.13. The van der Waals surface area contributed by atoms with E-state index in [0.29, 0.717) is 30.7 Å². The van der Waals surface area contributed by atoms with Crippen molar-refractivity contribution >= 4 is 11.2 Å². The Labute approximate surface area is 146 Å². The highest BCUT2D eigenvalue weighted by molar-refractivity contribution is 5.71. The quantitative estimate of drug-likeness (QED) is 0.824. The number of hydrogen-bond donors (Lipinski definition) is 1. The Bertz CT molecular complexity index is 871. The minimum absolute atomic E-state index is 0.0480. The van der Waals surface area contributed by atoms with E-state index in [4.69, 9.17) is 0 Å². The van der Waals surface area contributed by atoms with Crippen LogP contribution in [0.15, 0.2) is 9.59 Å². The van der Waals surface area contributed by atoms with Gasteiger partial charge in [-0.15, -0.1) is 0 Å². The van der Waals surface area contributed by atoms with Crippen LogP contribution in [0.5, 0.6) is 0 Å². The highest BCUT2D eigenvalue weighted by atomic mass is 16.3. The van der Waals surface area contributed by atoms with Crippen molar-refractivity contribution in [1.29, 1.82) is 0 Å². The zero-order chi connectivity index (χ0) is 18.1. The number of aliphatic hydroxyl groups is 1. The van der Waals surface area contributed by atoms with Crippen molar-refractivity contribution in [3.63, 3.8) is 0 Å². The molecule has 3 rings (SSSR count). The molecule has 0 aliphatic carbocycles. The number of fused-ring (bicyclic) bond motifs is 1. The van der Waals surface area contributed by atoms with Crippen LogP contribution in [0.25, 0.3) is 11.2 Å². The number of likely N-dealkylation sites (tertiary alicyclic amines) is 1. The molecule has 1 aliphatic heterocycles. The monoisotopic (exact) mass is 349 g/mol. The molecule has 0 amide bonds. The first-order valence-electron chi connectivity index (χ1n) is 8.92. The minimum atomic E-state index is -0.373. The molecular formula is C17H27N5O3. The Morgan fingerprint density at radius 2 is 1.84 bits per heavy atom. The summed E-state index contributed by atoms with van der Waals surface area (Å²) in [5.74, 6) is 1.54. The van der Waals surface area contributed by atoms with Gasteiger partial charge < -0.3 is 9.67 Å². The lowest BCUT2D eigenvalue weighted by molar-refractivity contribution is 0.179. The molecule has 1 fully saturated rings. The number of aromatic nitrogens is 4. The molecule has 2 aromatic rings. The van der Waals surface area contributed by atoms with E-state index in [2.05, 4.69) is 16.8 Å². The van der Waals surface area contributed by atoms with E-state index >= 15 is 0 Å². The molecule has 0 bridgehead atoms. The second-order valence-corrected chi connectivity index (χ2v) is 7.09. The molecule has 0 spiro atoms. The van der Waals surface area contributed by atoms with Gasteiger partial charge in [-0.3, -0.25) is 18.8 Å². The summed E-state index contributed by atoms with van der Waals surface area (Å²) in [4.78, 5) is 31.8. The Morgan fingerprint density at radius 1 is 1.16 bits per heavy atom. The number of hydrogen-bond acceptors (Lipinski definition) is 5. The van der Waals surface area contributed by atoms with Crippen LogP contribution in [0.3, 0.4) is 0 Å². The standard InChI is InChI=1S/C17H27N5O3/c1-12-5-8-21(9-6-12)11-13-18-15-14(22(13)7-4-10-23)16(24)20(3)17(25)19(15)2/h12,23H,4-11H2,1-3H3. The van der Waals surface area contributed by atoms with Crippen LogP contribution in [0.1, 0.15) is 32.0 Å². The van der Waals surface area contributed by atoms with E-state index < -0.39 is 0 Å². The third kappa shape index (κ3) is 3.28. The Hall–Kier alpha value is -1.93. The van der Waals surface area contributed by atoms with Gasteiger partial charge >= 0.3 is 5.69 Å². The smallest absolute Gasteiger partial charge is 0.332 e. The summed E-state index contributed by atoms with van der Waals surface area (Å²) in [7, 11) is 3.12. The zero-order valence-electron chi connectivity index (χ0n) is 15.2. The Balaban J connectivity index is 2.07. The van der Waals surface area contributed by atoms with Gasteiger partial charge in [0.15, 0.2) is 11.2 Å². The number of aliphatic hydroxyl groups excluding tert-OH is 1. The summed E-state index contributed by atoms with van der Waals surface area (Å²) in [5.41, 5.74) is 0.162. The predicted octanol–water partition coefficient (Wildman–Crippen LogP) is 0.0480. The van der Waals surface area contributed by atoms with Gasteiger partial charge in [-0.1, -0.05) is 6.92 Å². The molecule has 3 heterocycles. The van der Waals surface area contributed by atoms with Crippen LogP contribution in [-0.2, 0) is 27.2 Å². The summed E-state index contributed by atoms with van der Waals surface area (Å²) < 4.78 is 4.42. The highest BCUT2D eigenvalue weighted by Gasteiger charge is 2.22. The average Bonchev–Trinajstić information content (AvgIpc) is 2.96. The van der Waals surface area contributed by atoms with Gasteiger partial charge in [-0.05, 0) is 38.3 Å². The van der Waals surface area contributed by atoms with Gasteiger partial charge in [0.2, 0.25) is 0 Å². The number of piperidine rings is 1. The van der Waals surface area contributed by atoms with Crippen LogP contribution in [-0.4, -0.2) is 48.4 Å². The van der Waals surface area contributed by atoms with Crippen molar-refractivity contribution in [2.45, 2.75) is 39.3 Å². The van der Waals surface area contributed by atoms with E-state index in [-0.39, 0.29) is 17.9 Å². The summed E-state index contributed by atoms with van der Waals surface area (Å²) in [6.07, 6.45) is 2.87. The Morgan fingerprint density at radius 3 is 2.48 bits per heavy atom. The van der Waals surface area contributed by atoms with Crippen LogP contribution in [0, 0.1) is 5.92 Å². The third-order valence-corrected chi connectivity index (χ3v) is 5.21. The molecule has 0 saturated carbocycles. The summed E-state index contributed by atoms with van der Waals surface area (Å²) >= 11 is 0. The normalized spacial score (nSPS) is 16.8. The zero-order valence-corrected chi connectivity index (χ0v) is 15.2. The lowest BCUT2D eigenvalue weighted by atomic mass is 9.99. The molecule has 0 unspecified atom stereocenters. The predicted molar refractivity (Wildman–Crippen MR) is 95.6 cm³/mol. The number of aryl methyl sites for hydroxylation is 2. The summed E-state index contributed by atoms with van der Waals surface area (Å²) in [6, 6.07) is 0. The molecule has 8 nitrogen and oxygen atoms in total. The highest BCUT2D eigenvalue weighted by Crippen LogP contribution is 2.19. The maximum Gasteiger partial charge on any atom is 0.332 e. The van der Waals surface area contributed by atoms with Crippen molar-refractivity contribution in [3.05, 3.63) is 26.7 Å². The maximum absolute atomic E-state index is 12.6. The molecule has 0 aromatic carbocycles. The fraction of sp³-hybridized carbons (Fsp3) is 0.706. The van der Waals surface area contributed by atoms with Crippen LogP contribution in [0.2, 0.25) is 0 Å². The molecule has 1 N–H and O–H groups in total. The van der Waals surface area contributed by atoms with Gasteiger partial charge in [-0.25, -0.2) is 9.78 Å². The summed E-state index contributed by atoms with van der Waals surface area (Å²) in [6.45, 7) is 5.52. The molecule has 1 aliphatic rings. The molecule has 1 saturated heterocycles. The van der Waals surface area contributed by atoms with Crippen molar-refractivity contribution in [2.75, 3.05) is 19.7 Å². The van der Waals surface area contributed by atoms with Crippen molar-refractivity contribution in [2.24, 2.45) is 20.0 Å². The number of nitrogens with zero attached hydrogens (tertiary/aromatic N) is 5. The van der Waals surface area contributed by atoms with E-state index in [1.165, 1.54) is 11.6 Å². The van der Waals surface area contributed by atoms with E-state index in [0.717, 1.165) is 42.2 Å². The summed E-state index contributed by atoms with van der Waals surface area (Å²) in [5, 5.41) is 9.22. The lowest BCUT2D eigenvalue weighted by Crippen LogP contribution is -2.37. The topological polar surface area (TPSA) is 85.3 Å². The van der Waals surface area contributed by atoms with Gasteiger partial charge in [-0.2, -0.15) is 0 Å². The fourth-order valence-corrected chi connectivity index (χ4v) is 3.50. The van der Waals surface area contributed by atoms with Crippen LogP contribution in [0.4, 0.5) is 0 Å². The number of imidazole rings is 1. The van der Waals surface area contributed by atoms with Gasteiger partial charge in [0.05, 0.1) is 6.54 Å². The van der Waals surface area contributed by atoms with Crippen molar-refractivity contribution in [3.8, 4) is 0 Å². The van der Waals surface area contributed by atoms with E-state index in [9.17, 15) is 14.7 Å². The first-order valence-corrected chi connectivity index (χ1v) is 8.92. The largest absolute Gasteiger partial charge is 0.396 e. The van der Waals surface area contributed by atoms with E-state index in [1.807, 2.05) is 4.57 Å². The maximum atomic E-state index is 12.6. The van der Waals surface area contributed by atoms with Crippen molar-refractivity contribution in [1.82, 2.24) is 23.6 Å².